The Morgan fingerprint density at radius 3 is 1.18 bits per heavy atom. The molecule has 1 fully saturated rings. The summed E-state index contributed by atoms with van der Waals surface area (Å²) < 4.78 is 18.8. The van der Waals surface area contributed by atoms with E-state index in [2.05, 4.69) is 9.47 Å². The third-order valence-electron chi connectivity index (χ3n) is 5.41. The minimum absolute atomic E-state index is 0. The van der Waals surface area contributed by atoms with Crippen molar-refractivity contribution in [3.8, 4) is 0 Å². The zero-order chi connectivity index (χ0) is 32.9. The van der Waals surface area contributed by atoms with Gasteiger partial charge in [-0.2, -0.15) is 0 Å². The smallest absolute Gasteiger partial charge is 0.347 e. The maximum absolute atomic E-state index is 10.8. The van der Waals surface area contributed by atoms with Crippen LogP contribution in [-0.2, 0) is 57.9 Å². The molecule has 1 aliphatic heterocycles. The van der Waals surface area contributed by atoms with Gasteiger partial charge in [-0.25, -0.2) is 19.2 Å². The van der Waals surface area contributed by atoms with Crippen LogP contribution in [0, 0.1) is 0 Å². The molecule has 0 aromatic heterocycles. The first-order chi connectivity index (χ1) is 20.9. The fraction of sp³-hybridized carbons (Fsp3) is 0.353. The van der Waals surface area contributed by atoms with E-state index in [1.807, 2.05) is 91.0 Å². The zero-order valence-electron chi connectivity index (χ0n) is 25.2. The number of carbonyl (C=O) groups excluding carboxylic acids is 4. The van der Waals surface area contributed by atoms with Gasteiger partial charge in [0.1, 0.15) is 25.4 Å². The predicted molar refractivity (Wildman–Crippen MR) is 166 cm³/mol. The van der Waals surface area contributed by atoms with E-state index in [4.69, 9.17) is 24.8 Å². The summed E-state index contributed by atoms with van der Waals surface area (Å²) in [5.41, 5.74) is 2.79. The number of ether oxygens (including phenoxy) is 4. The molecule has 3 aromatic carbocycles. The third kappa shape index (κ3) is 18.0. The van der Waals surface area contributed by atoms with E-state index in [0.29, 0.717) is 0 Å². The van der Waals surface area contributed by atoms with Gasteiger partial charge >= 0.3 is 23.9 Å². The lowest BCUT2D eigenvalue weighted by Gasteiger charge is -2.22. The van der Waals surface area contributed by atoms with Crippen LogP contribution in [0.1, 0.15) is 51.8 Å². The van der Waals surface area contributed by atoms with Crippen LogP contribution in [0.4, 0.5) is 0 Å². The number of cyclic esters (lactones) is 2. The second-order valence-corrected chi connectivity index (χ2v) is 9.34. The van der Waals surface area contributed by atoms with Gasteiger partial charge in [-0.3, -0.25) is 0 Å². The van der Waals surface area contributed by atoms with Gasteiger partial charge in [0.05, 0.1) is 6.61 Å². The first-order valence-corrected chi connectivity index (χ1v) is 13.8. The van der Waals surface area contributed by atoms with Crippen molar-refractivity contribution in [1.82, 2.24) is 0 Å². The van der Waals surface area contributed by atoms with Crippen molar-refractivity contribution in [3.63, 3.8) is 0 Å². The van der Waals surface area contributed by atoms with E-state index in [9.17, 15) is 19.2 Å². The Morgan fingerprint density at radius 2 is 0.933 bits per heavy atom. The van der Waals surface area contributed by atoms with Crippen molar-refractivity contribution in [1.29, 1.82) is 0 Å². The molecule has 0 radical (unpaired) electrons. The summed E-state index contributed by atoms with van der Waals surface area (Å²) >= 11 is 0. The lowest BCUT2D eigenvalue weighted by molar-refractivity contribution is -0.191. The lowest BCUT2D eigenvalue weighted by Crippen LogP contribution is -2.40. The zero-order valence-corrected chi connectivity index (χ0v) is 25.2. The molecule has 4 atom stereocenters. The van der Waals surface area contributed by atoms with Crippen LogP contribution in [0.25, 0.3) is 0 Å². The molecule has 0 amide bonds. The number of rotatable bonds is 7. The summed E-state index contributed by atoms with van der Waals surface area (Å²) in [6.07, 6.45) is -3.60. The summed E-state index contributed by atoms with van der Waals surface area (Å²) in [7, 11) is 0. The summed E-state index contributed by atoms with van der Waals surface area (Å²) in [5.74, 6) is -2.15. The monoisotopic (exact) mass is 628 g/mol. The van der Waals surface area contributed by atoms with E-state index in [-0.39, 0.29) is 27.2 Å². The van der Waals surface area contributed by atoms with Crippen molar-refractivity contribution in [2.24, 2.45) is 0 Å². The highest BCUT2D eigenvalue weighted by molar-refractivity contribution is 5.86. The minimum Gasteiger partial charge on any atom is -0.459 e. The van der Waals surface area contributed by atoms with Crippen molar-refractivity contribution in [2.75, 3.05) is 0 Å². The molecule has 11 heteroatoms. The molecular weight excluding hydrogens is 584 g/mol. The highest BCUT2D eigenvalue weighted by Crippen LogP contribution is 2.08. The van der Waals surface area contributed by atoms with Crippen LogP contribution >= 0.6 is 0 Å². The van der Waals surface area contributed by atoms with Gasteiger partial charge < -0.3 is 34.3 Å². The molecule has 0 bridgehead atoms. The molecule has 0 saturated carbocycles. The van der Waals surface area contributed by atoms with Gasteiger partial charge in [-0.15, -0.1) is 0 Å². The Hall–Kier alpha value is -4.58. The molecule has 4 rings (SSSR count). The first kappa shape index (κ1) is 40.4. The summed E-state index contributed by atoms with van der Waals surface area (Å²) in [6.45, 7) is 6.29. The van der Waals surface area contributed by atoms with Gasteiger partial charge in [0.25, 0.3) is 0 Å². The van der Waals surface area contributed by atoms with Gasteiger partial charge in [0, 0.05) is 0 Å². The molecular formula is C34H44O11. The van der Waals surface area contributed by atoms with Crippen LogP contribution in [0.15, 0.2) is 91.0 Å². The lowest BCUT2D eigenvalue weighted by atomic mass is 10.2. The predicted octanol–water partition coefficient (Wildman–Crippen LogP) is 3.90. The van der Waals surface area contributed by atoms with E-state index < -0.39 is 48.3 Å². The Labute approximate surface area is 264 Å². The maximum atomic E-state index is 10.8. The van der Waals surface area contributed by atoms with Crippen LogP contribution in [0.2, 0.25) is 0 Å². The van der Waals surface area contributed by atoms with Gasteiger partial charge in [-0.05, 0) is 44.4 Å². The number of carbonyl (C=O) groups is 4. The standard InChI is InChI=1S/2C10H12O3.C7H8O.C6H8O4.CH4/c2*1-8(11)10(12)13-7-9-5-3-2-4-6-9;8-6-7-4-2-1-3-5-7;1-3-5(7)10-4(2)6(8)9-3;/h2*2-6,8,11H,7H2,1H3;1-5,8H,6H2;3-4H,1-2H3;1H4/t2*8-;;3-,4-;/m11.0./s1. The number of aliphatic hydroxyl groups is 3. The number of hydrogen-bond donors (Lipinski definition) is 3. The average Bonchev–Trinajstić information content (AvgIpc) is 3.03. The maximum Gasteiger partial charge on any atom is 0.347 e. The molecule has 3 N–H and O–H groups in total. The third-order valence-corrected chi connectivity index (χ3v) is 5.41. The van der Waals surface area contributed by atoms with Crippen LogP contribution in [0.3, 0.4) is 0 Å². The fourth-order valence-corrected chi connectivity index (χ4v) is 2.92. The van der Waals surface area contributed by atoms with Crippen molar-refractivity contribution < 1.29 is 53.4 Å². The van der Waals surface area contributed by atoms with Crippen LogP contribution in [-0.4, -0.2) is 63.6 Å². The van der Waals surface area contributed by atoms with Crippen LogP contribution < -0.4 is 0 Å². The van der Waals surface area contributed by atoms with Crippen molar-refractivity contribution in [2.45, 2.75) is 79.4 Å². The largest absolute Gasteiger partial charge is 0.459 e. The first-order valence-electron chi connectivity index (χ1n) is 13.8. The quantitative estimate of drug-likeness (QED) is 0.257. The Kier molecular flexibility index (Phi) is 20.6. The highest BCUT2D eigenvalue weighted by atomic mass is 16.6. The van der Waals surface area contributed by atoms with E-state index in [1.165, 1.54) is 27.7 Å². The molecule has 0 unspecified atom stereocenters. The molecule has 45 heavy (non-hydrogen) atoms. The second-order valence-electron chi connectivity index (χ2n) is 9.34. The van der Waals surface area contributed by atoms with E-state index in [0.717, 1.165) is 16.7 Å². The molecule has 1 heterocycles. The molecule has 246 valence electrons. The minimum atomic E-state index is -1.05. The fourth-order valence-electron chi connectivity index (χ4n) is 2.92. The SMILES string of the molecule is C.C[C@@H](O)C(=O)OCc1ccccc1.C[C@@H](O)C(=O)OCc1ccccc1.C[C@@H]1OC(=O)[C@H](C)OC1=O.OCc1ccccc1. The Bertz CT molecular complexity index is 1170. The molecule has 0 spiro atoms. The molecule has 3 aromatic rings. The summed E-state index contributed by atoms with van der Waals surface area (Å²) in [5, 5.41) is 26.2. The van der Waals surface area contributed by atoms with Gasteiger partial charge in [0.2, 0.25) is 0 Å². The van der Waals surface area contributed by atoms with E-state index >= 15 is 0 Å². The number of benzene rings is 3. The molecule has 0 aliphatic carbocycles. The Morgan fingerprint density at radius 1 is 0.644 bits per heavy atom. The molecule has 1 saturated heterocycles. The second kappa shape index (κ2) is 22.9. The number of hydrogen-bond acceptors (Lipinski definition) is 11. The number of aliphatic hydroxyl groups excluding tert-OH is 3. The Balaban J connectivity index is 0.000000578. The van der Waals surface area contributed by atoms with Crippen LogP contribution in [0.5, 0.6) is 0 Å². The molecule has 1 aliphatic rings. The van der Waals surface area contributed by atoms with Gasteiger partial charge in [0.15, 0.2) is 12.2 Å². The average molecular weight is 629 g/mol. The summed E-state index contributed by atoms with van der Waals surface area (Å²) in [6, 6.07) is 28.2. The van der Waals surface area contributed by atoms with Crippen molar-refractivity contribution >= 4 is 23.9 Å². The molecule has 11 nitrogen and oxygen atoms in total. The highest BCUT2D eigenvalue weighted by Gasteiger charge is 2.32. The van der Waals surface area contributed by atoms with E-state index in [1.54, 1.807) is 0 Å². The van der Waals surface area contributed by atoms with Gasteiger partial charge in [-0.1, -0.05) is 98.4 Å². The van der Waals surface area contributed by atoms with Crippen molar-refractivity contribution in [3.05, 3.63) is 108 Å². The number of esters is 4. The normalized spacial score (nSPS) is 16.0. The summed E-state index contributed by atoms with van der Waals surface area (Å²) in [4.78, 5) is 43.0. The topological polar surface area (TPSA) is 166 Å².